The van der Waals surface area contributed by atoms with E-state index in [1.54, 1.807) is 28.0 Å². The van der Waals surface area contributed by atoms with Crippen molar-refractivity contribution in [3.63, 3.8) is 0 Å². The molecule has 2 amide bonds. The second-order valence-corrected chi connectivity index (χ2v) is 8.00. The van der Waals surface area contributed by atoms with E-state index in [9.17, 15) is 14.4 Å². The van der Waals surface area contributed by atoms with Gasteiger partial charge in [0.2, 0.25) is 5.56 Å². The number of piperazine rings is 1. The van der Waals surface area contributed by atoms with Crippen molar-refractivity contribution in [1.82, 2.24) is 14.8 Å². The third kappa shape index (κ3) is 4.86. The molecule has 1 aliphatic rings. The van der Waals surface area contributed by atoms with Crippen molar-refractivity contribution in [2.75, 3.05) is 26.2 Å². The monoisotopic (exact) mass is 481 g/mol. The predicted octanol–water partition coefficient (Wildman–Crippen LogP) is 3.53. The number of pyridine rings is 1. The fraction of sp³-hybridized carbons (Fsp3) is 0.174. The number of aromatic amines is 1. The Morgan fingerprint density at radius 3 is 2.26 bits per heavy atom. The van der Waals surface area contributed by atoms with Crippen LogP contribution in [-0.4, -0.2) is 52.8 Å². The van der Waals surface area contributed by atoms with Gasteiger partial charge in [-0.3, -0.25) is 14.4 Å². The van der Waals surface area contributed by atoms with Crippen molar-refractivity contribution in [3.05, 3.63) is 92.8 Å². The van der Waals surface area contributed by atoms with Gasteiger partial charge in [0, 0.05) is 42.9 Å². The fourth-order valence-corrected chi connectivity index (χ4v) is 3.78. The van der Waals surface area contributed by atoms with E-state index in [2.05, 4.69) is 20.9 Å². The zero-order valence-corrected chi connectivity index (χ0v) is 18.2. The van der Waals surface area contributed by atoms with E-state index in [4.69, 9.17) is 4.74 Å². The number of ether oxygens (including phenoxy) is 1. The molecule has 8 heteroatoms. The van der Waals surface area contributed by atoms with Gasteiger partial charge in [0.15, 0.2) is 0 Å². The Kier molecular flexibility index (Phi) is 6.18. The van der Waals surface area contributed by atoms with Crippen molar-refractivity contribution >= 4 is 27.7 Å². The number of H-pyrrole nitrogens is 1. The number of amides is 2. The Morgan fingerprint density at radius 1 is 0.871 bits per heavy atom. The standard InChI is InChI=1S/C23H20BrN3O4/c24-17-4-3-5-18(14-17)31-20-7-2-1-6-19(20)23(30)27-12-10-26(11-13-27)22(29)16-8-9-21(28)25-15-16/h1-9,14-15H,10-13H2,(H,25,28). The molecule has 1 N–H and O–H groups in total. The average Bonchev–Trinajstić information content (AvgIpc) is 2.79. The van der Waals surface area contributed by atoms with E-state index in [0.717, 1.165) is 4.47 Å². The molecule has 158 valence electrons. The molecule has 0 aliphatic carbocycles. The molecule has 1 fully saturated rings. The average molecular weight is 482 g/mol. The largest absolute Gasteiger partial charge is 0.456 e. The maximum absolute atomic E-state index is 13.2. The quantitative estimate of drug-likeness (QED) is 0.617. The Hall–Kier alpha value is -3.39. The molecule has 0 saturated carbocycles. The summed E-state index contributed by atoms with van der Waals surface area (Å²) >= 11 is 3.42. The van der Waals surface area contributed by atoms with Crippen molar-refractivity contribution in [1.29, 1.82) is 0 Å². The summed E-state index contributed by atoms with van der Waals surface area (Å²) in [4.78, 5) is 42.9. The van der Waals surface area contributed by atoms with E-state index >= 15 is 0 Å². The summed E-state index contributed by atoms with van der Waals surface area (Å²) in [5.74, 6) is 0.812. The van der Waals surface area contributed by atoms with Gasteiger partial charge >= 0.3 is 0 Å². The van der Waals surface area contributed by atoms with Gasteiger partial charge in [0.1, 0.15) is 11.5 Å². The van der Waals surface area contributed by atoms with Crippen LogP contribution in [0.1, 0.15) is 20.7 Å². The number of rotatable bonds is 4. The minimum Gasteiger partial charge on any atom is -0.456 e. The molecule has 0 spiro atoms. The molecule has 0 unspecified atom stereocenters. The zero-order valence-electron chi connectivity index (χ0n) is 16.6. The third-order valence-electron chi connectivity index (χ3n) is 5.03. The van der Waals surface area contributed by atoms with Crippen LogP contribution in [0.2, 0.25) is 0 Å². The van der Waals surface area contributed by atoms with E-state index in [-0.39, 0.29) is 17.4 Å². The summed E-state index contributed by atoms with van der Waals surface area (Å²) in [5, 5.41) is 0. The summed E-state index contributed by atoms with van der Waals surface area (Å²) in [7, 11) is 0. The summed E-state index contributed by atoms with van der Waals surface area (Å²) in [6.45, 7) is 1.66. The SMILES string of the molecule is O=C(c1ccc(=O)[nH]c1)N1CCN(C(=O)c2ccccc2Oc2cccc(Br)c2)CC1. The Labute approximate surface area is 187 Å². The fourth-order valence-electron chi connectivity index (χ4n) is 3.40. The Morgan fingerprint density at radius 2 is 1.58 bits per heavy atom. The summed E-state index contributed by atoms with van der Waals surface area (Å²) < 4.78 is 6.84. The molecule has 1 aliphatic heterocycles. The highest BCUT2D eigenvalue weighted by Crippen LogP contribution is 2.28. The molecule has 1 aromatic heterocycles. The van der Waals surface area contributed by atoms with Gasteiger partial charge in [-0.2, -0.15) is 0 Å². The smallest absolute Gasteiger partial charge is 0.257 e. The normalized spacial score (nSPS) is 13.7. The highest BCUT2D eigenvalue weighted by atomic mass is 79.9. The van der Waals surface area contributed by atoms with Crippen molar-refractivity contribution in [2.45, 2.75) is 0 Å². The van der Waals surface area contributed by atoms with Crippen LogP contribution in [0.25, 0.3) is 0 Å². The van der Waals surface area contributed by atoms with E-state index in [0.29, 0.717) is 48.8 Å². The first kappa shape index (κ1) is 20.9. The summed E-state index contributed by atoms with van der Waals surface area (Å²) in [6.07, 6.45) is 1.41. The molecule has 7 nitrogen and oxygen atoms in total. The molecule has 4 rings (SSSR count). The van der Waals surface area contributed by atoms with Gasteiger partial charge in [-0.15, -0.1) is 0 Å². The third-order valence-corrected chi connectivity index (χ3v) is 5.52. The van der Waals surface area contributed by atoms with Crippen molar-refractivity contribution < 1.29 is 14.3 Å². The van der Waals surface area contributed by atoms with Crippen LogP contribution in [0, 0.1) is 0 Å². The maximum atomic E-state index is 13.2. The molecule has 2 aromatic carbocycles. The van der Waals surface area contributed by atoms with Gasteiger partial charge in [-0.25, -0.2) is 0 Å². The lowest BCUT2D eigenvalue weighted by Gasteiger charge is -2.35. The highest BCUT2D eigenvalue weighted by Gasteiger charge is 2.27. The van der Waals surface area contributed by atoms with Crippen LogP contribution >= 0.6 is 15.9 Å². The van der Waals surface area contributed by atoms with Crippen LogP contribution in [0.3, 0.4) is 0 Å². The number of aromatic nitrogens is 1. The number of hydrogen-bond acceptors (Lipinski definition) is 4. The molecular weight excluding hydrogens is 462 g/mol. The molecule has 0 radical (unpaired) electrons. The van der Waals surface area contributed by atoms with Gasteiger partial charge in [0.25, 0.3) is 11.8 Å². The van der Waals surface area contributed by atoms with E-state index in [1.807, 2.05) is 30.3 Å². The Bertz CT molecular complexity index is 1150. The summed E-state index contributed by atoms with van der Waals surface area (Å²) in [6, 6.07) is 17.4. The predicted molar refractivity (Wildman–Crippen MR) is 120 cm³/mol. The molecule has 0 bridgehead atoms. The number of carbonyl (C=O) groups excluding carboxylic acids is 2. The summed E-state index contributed by atoms with van der Waals surface area (Å²) in [5.41, 5.74) is 0.644. The van der Waals surface area contributed by atoms with Crippen molar-refractivity contribution in [2.24, 2.45) is 0 Å². The maximum Gasteiger partial charge on any atom is 0.257 e. The number of nitrogens with zero attached hydrogens (tertiary/aromatic N) is 2. The van der Waals surface area contributed by atoms with Crippen LogP contribution in [-0.2, 0) is 0 Å². The molecule has 31 heavy (non-hydrogen) atoms. The number of hydrogen-bond donors (Lipinski definition) is 1. The minimum atomic E-state index is -0.254. The van der Waals surface area contributed by atoms with Gasteiger partial charge in [0.05, 0.1) is 11.1 Å². The molecule has 0 atom stereocenters. The lowest BCUT2D eigenvalue weighted by Crippen LogP contribution is -2.50. The number of benzene rings is 2. The van der Waals surface area contributed by atoms with Crippen LogP contribution < -0.4 is 10.3 Å². The van der Waals surface area contributed by atoms with Crippen LogP contribution in [0.15, 0.2) is 76.1 Å². The van der Waals surface area contributed by atoms with E-state index < -0.39 is 0 Å². The Balaban J connectivity index is 1.44. The first-order valence-electron chi connectivity index (χ1n) is 9.81. The first-order chi connectivity index (χ1) is 15.0. The van der Waals surface area contributed by atoms with Gasteiger partial charge in [-0.1, -0.05) is 34.1 Å². The van der Waals surface area contributed by atoms with Gasteiger partial charge < -0.3 is 19.5 Å². The lowest BCUT2D eigenvalue weighted by molar-refractivity contribution is 0.0533. The zero-order chi connectivity index (χ0) is 21.8. The molecule has 1 saturated heterocycles. The molecule has 2 heterocycles. The van der Waals surface area contributed by atoms with Gasteiger partial charge in [-0.05, 0) is 36.4 Å². The topological polar surface area (TPSA) is 82.7 Å². The first-order valence-corrected chi connectivity index (χ1v) is 10.6. The molecule has 3 aromatic rings. The highest BCUT2D eigenvalue weighted by molar-refractivity contribution is 9.10. The lowest BCUT2D eigenvalue weighted by atomic mass is 10.1. The number of halogens is 1. The van der Waals surface area contributed by atoms with Crippen molar-refractivity contribution in [3.8, 4) is 11.5 Å². The molecular formula is C23H20BrN3O4. The van der Waals surface area contributed by atoms with Crippen LogP contribution in [0.5, 0.6) is 11.5 Å². The number of carbonyl (C=O) groups is 2. The van der Waals surface area contributed by atoms with Crippen LogP contribution in [0.4, 0.5) is 0 Å². The number of para-hydroxylation sites is 1. The second kappa shape index (κ2) is 9.18. The minimum absolute atomic E-state index is 0.137. The second-order valence-electron chi connectivity index (χ2n) is 7.08. The number of nitrogens with one attached hydrogen (secondary N) is 1. The van der Waals surface area contributed by atoms with E-state index in [1.165, 1.54) is 18.3 Å².